The largest absolute Gasteiger partial charge is 0.478 e. The average Bonchev–Trinajstić information content (AvgIpc) is 3.48. The van der Waals surface area contributed by atoms with Gasteiger partial charge in [0.15, 0.2) is 11.5 Å². The van der Waals surface area contributed by atoms with E-state index >= 15 is 0 Å². The van der Waals surface area contributed by atoms with Gasteiger partial charge < -0.3 is 29.9 Å². The average molecular weight is 519 g/mol. The summed E-state index contributed by atoms with van der Waals surface area (Å²) < 4.78 is 29.1. The molecule has 3 aromatic heterocycles. The minimum Gasteiger partial charge on any atom is -0.478 e. The number of rotatable bonds is 8. The van der Waals surface area contributed by atoms with E-state index in [1.807, 2.05) is 27.2 Å². The summed E-state index contributed by atoms with van der Waals surface area (Å²) >= 11 is 0. The molecule has 37 heavy (non-hydrogen) atoms. The molecular formula is C23H35FN10O3. The molecule has 0 unspecified atom stereocenters. The van der Waals surface area contributed by atoms with Gasteiger partial charge in [0.25, 0.3) is 5.88 Å². The Labute approximate surface area is 214 Å². The zero-order valence-electron chi connectivity index (χ0n) is 22.3. The fourth-order valence-corrected chi connectivity index (χ4v) is 3.91. The molecule has 0 aromatic carbocycles. The normalized spacial score (nSPS) is 18.0. The maximum Gasteiger partial charge on any atom is 0.408 e. The zero-order valence-corrected chi connectivity index (χ0v) is 22.3. The Kier molecular flexibility index (Phi) is 7.39. The Bertz CT molecular complexity index is 1250. The number of likely N-dealkylation sites (N-methyl/N-ethyl adjacent to an activating group) is 1. The molecule has 13 nitrogen and oxygen atoms in total. The number of aryl methyl sites for hydroxylation is 1. The van der Waals surface area contributed by atoms with E-state index in [-0.39, 0.29) is 13.1 Å². The van der Waals surface area contributed by atoms with E-state index in [0.717, 1.165) is 12.2 Å². The second kappa shape index (κ2) is 10.4. The Morgan fingerprint density at radius 2 is 2.03 bits per heavy atom. The Morgan fingerprint density at radius 3 is 2.70 bits per heavy atom. The van der Waals surface area contributed by atoms with Gasteiger partial charge in [0.05, 0.1) is 44.3 Å². The highest BCUT2D eigenvalue weighted by Gasteiger charge is 2.37. The van der Waals surface area contributed by atoms with Crippen LogP contribution in [0.4, 0.5) is 26.6 Å². The fraction of sp³-hybridized carbons (Fsp3) is 0.609. The summed E-state index contributed by atoms with van der Waals surface area (Å²) in [6.07, 6.45) is 1.54. The Balaban J connectivity index is 1.59. The maximum atomic E-state index is 14.9. The molecule has 1 saturated heterocycles. The van der Waals surface area contributed by atoms with Gasteiger partial charge in [-0.1, -0.05) is 0 Å². The quantitative estimate of drug-likeness (QED) is 0.457. The minimum atomic E-state index is -1.32. The van der Waals surface area contributed by atoms with Gasteiger partial charge >= 0.3 is 6.09 Å². The highest BCUT2D eigenvalue weighted by molar-refractivity contribution is 5.73. The fourth-order valence-electron chi connectivity index (χ4n) is 3.91. The standard InChI is InChI=1S/C23H35FN10O3/c1-14-10-25-19-18(26-17-13-33(9-8-31(5)6)29-20(17)36-7)28-21(30-34(14)19)32-11-15(24)16(12-32)27-22(35)37-23(2,3)4/h10,13,15-16H,8-9,11-12H2,1-7H3,(H,27,35)(H,26,28,30)/t15-,16-/m1/s1. The van der Waals surface area contributed by atoms with Gasteiger partial charge in [-0.2, -0.15) is 4.98 Å². The number of nitrogens with zero attached hydrogens (tertiary/aromatic N) is 8. The third kappa shape index (κ3) is 6.18. The number of hydrogen-bond acceptors (Lipinski definition) is 10. The summed E-state index contributed by atoms with van der Waals surface area (Å²) in [5.41, 5.74) is 1.23. The molecule has 2 N–H and O–H groups in total. The van der Waals surface area contributed by atoms with E-state index in [0.29, 0.717) is 35.5 Å². The lowest BCUT2D eigenvalue weighted by Crippen LogP contribution is -2.44. The van der Waals surface area contributed by atoms with E-state index in [1.165, 1.54) is 0 Å². The van der Waals surface area contributed by atoms with E-state index in [9.17, 15) is 9.18 Å². The smallest absolute Gasteiger partial charge is 0.408 e. The van der Waals surface area contributed by atoms with E-state index in [2.05, 4.69) is 35.7 Å². The number of carbonyl (C=O) groups is 1. The van der Waals surface area contributed by atoms with Crippen LogP contribution in [0.3, 0.4) is 0 Å². The van der Waals surface area contributed by atoms with Gasteiger partial charge in [-0.05, 0) is 41.8 Å². The van der Waals surface area contributed by atoms with Crippen molar-refractivity contribution in [2.75, 3.05) is 51.1 Å². The van der Waals surface area contributed by atoms with Crippen LogP contribution in [0, 0.1) is 6.92 Å². The van der Waals surface area contributed by atoms with Crippen LogP contribution in [0.1, 0.15) is 26.5 Å². The number of imidazole rings is 1. The summed E-state index contributed by atoms with van der Waals surface area (Å²) in [6.45, 7) is 8.83. The van der Waals surface area contributed by atoms with Crippen LogP contribution >= 0.6 is 0 Å². The molecule has 1 amide bonds. The summed E-state index contributed by atoms with van der Waals surface area (Å²) in [5.74, 6) is 1.13. The van der Waals surface area contributed by atoms with Crippen molar-refractivity contribution < 1.29 is 18.7 Å². The summed E-state index contributed by atoms with van der Waals surface area (Å²) in [7, 11) is 5.54. The van der Waals surface area contributed by atoms with Crippen molar-refractivity contribution in [1.29, 1.82) is 0 Å². The predicted octanol–water partition coefficient (Wildman–Crippen LogP) is 1.99. The first-order valence-electron chi connectivity index (χ1n) is 12.1. The van der Waals surface area contributed by atoms with Crippen molar-refractivity contribution >= 4 is 29.2 Å². The van der Waals surface area contributed by atoms with E-state index < -0.39 is 23.9 Å². The maximum absolute atomic E-state index is 14.9. The number of alkyl halides is 1. The third-order valence-corrected chi connectivity index (χ3v) is 5.71. The summed E-state index contributed by atoms with van der Waals surface area (Å²) in [6, 6.07) is -0.760. The number of anilines is 3. The van der Waals surface area contributed by atoms with Crippen molar-refractivity contribution in [2.45, 2.75) is 52.1 Å². The van der Waals surface area contributed by atoms with Gasteiger partial charge in [-0.25, -0.2) is 18.7 Å². The van der Waals surface area contributed by atoms with Crippen LogP contribution in [0.25, 0.3) is 5.65 Å². The molecule has 2 atom stereocenters. The zero-order chi connectivity index (χ0) is 26.9. The number of ether oxygens (including phenoxy) is 2. The topological polar surface area (TPSA) is 127 Å². The van der Waals surface area contributed by atoms with Gasteiger partial charge in [-0.15, -0.1) is 10.2 Å². The molecule has 202 valence electrons. The molecule has 1 aliphatic rings. The monoisotopic (exact) mass is 518 g/mol. The lowest BCUT2D eigenvalue weighted by molar-refractivity contribution is 0.0490. The second-order valence-corrected chi connectivity index (χ2v) is 10.3. The first-order chi connectivity index (χ1) is 17.4. The highest BCUT2D eigenvalue weighted by atomic mass is 19.1. The van der Waals surface area contributed by atoms with Crippen LogP contribution < -0.4 is 20.3 Å². The summed E-state index contributed by atoms with van der Waals surface area (Å²) in [4.78, 5) is 25.1. The number of nitrogens with one attached hydrogen (secondary N) is 2. The number of amides is 1. The molecule has 0 aliphatic carbocycles. The first-order valence-corrected chi connectivity index (χ1v) is 12.1. The van der Waals surface area contributed by atoms with Crippen molar-refractivity contribution in [3.05, 3.63) is 18.1 Å². The Morgan fingerprint density at radius 1 is 1.27 bits per heavy atom. The van der Waals surface area contributed by atoms with Gasteiger partial charge in [0.1, 0.15) is 17.5 Å². The van der Waals surface area contributed by atoms with Crippen molar-refractivity contribution in [2.24, 2.45) is 0 Å². The molecule has 1 aliphatic heterocycles. The van der Waals surface area contributed by atoms with Crippen molar-refractivity contribution in [1.82, 2.24) is 39.6 Å². The number of methoxy groups -OCH3 is 1. The van der Waals surface area contributed by atoms with Gasteiger partial charge in [0.2, 0.25) is 5.95 Å². The number of fused-ring (bicyclic) bond motifs is 1. The lowest BCUT2D eigenvalue weighted by atomic mass is 10.2. The third-order valence-electron chi connectivity index (χ3n) is 5.71. The van der Waals surface area contributed by atoms with E-state index in [4.69, 9.17) is 9.47 Å². The number of halogens is 1. The molecule has 14 heteroatoms. The van der Waals surface area contributed by atoms with E-state index in [1.54, 1.807) is 48.2 Å². The number of hydrogen-bond donors (Lipinski definition) is 2. The summed E-state index contributed by atoms with van der Waals surface area (Å²) in [5, 5.41) is 14.9. The second-order valence-electron chi connectivity index (χ2n) is 10.3. The predicted molar refractivity (Wildman–Crippen MR) is 136 cm³/mol. The molecule has 1 fully saturated rings. The molecule has 3 aromatic rings. The molecule has 4 heterocycles. The van der Waals surface area contributed by atoms with Gasteiger partial charge in [0, 0.05) is 13.1 Å². The number of alkyl carbamates (subject to hydrolysis) is 1. The number of aromatic nitrogens is 6. The van der Waals surface area contributed by atoms with Crippen LogP contribution in [-0.4, -0.2) is 99.0 Å². The highest BCUT2D eigenvalue weighted by Crippen LogP contribution is 2.29. The van der Waals surface area contributed by atoms with Crippen LogP contribution in [0.15, 0.2) is 12.4 Å². The molecule has 0 radical (unpaired) electrons. The Hall–Kier alpha value is -3.68. The van der Waals surface area contributed by atoms with Crippen molar-refractivity contribution in [3.63, 3.8) is 0 Å². The molecule has 0 bridgehead atoms. The van der Waals surface area contributed by atoms with Crippen LogP contribution in [-0.2, 0) is 11.3 Å². The lowest BCUT2D eigenvalue weighted by Gasteiger charge is -2.22. The SMILES string of the molecule is COc1nn(CCN(C)C)cc1Nc1nc(N2C[C@@H](F)[C@H](NC(=O)OC(C)(C)C)C2)nn2c(C)cnc12. The van der Waals surface area contributed by atoms with Crippen molar-refractivity contribution in [3.8, 4) is 5.88 Å². The molecular weight excluding hydrogens is 483 g/mol. The van der Waals surface area contributed by atoms with Crippen LogP contribution in [0.5, 0.6) is 5.88 Å². The number of carbonyl (C=O) groups excluding carboxylic acids is 1. The van der Waals surface area contributed by atoms with Crippen LogP contribution in [0.2, 0.25) is 0 Å². The minimum absolute atomic E-state index is 0.0188. The first kappa shape index (κ1) is 26.4. The van der Waals surface area contributed by atoms with Gasteiger partial charge in [-0.3, -0.25) is 4.68 Å². The molecule has 0 saturated carbocycles. The molecule has 4 rings (SSSR count). The molecule has 0 spiro atoms.